The minimum absolute atomic E-state index is 0.153. The molecule has 68 valence electrons. The lowest BCUT2D eigenvalue weighted by Crippen LogP contribution is -2.26. The van der Waals surface area contributed by atoms with Gasteiger partial charge in [0.2, 0.25) is 0 Å². The summed E-state index contributed by atoms with van der Waals surface area (Å²) in [6.07, 6.45) is 4.25. The molecule has 2 heteroatoms. The van der Waals surface area contributed by atoms with Gasteiger partial charge in [-0.25, -0.2) is 0 Å². The molecule has 12 heavy (non-hydrogen) atoms. The zero-order valence-electron chi connectivity index (χ0n) is 7.19. The van der Waals surface area contributed by atoms with E-state index < -0.39 is 0 Å². The standard InChI is InChI=1S/C10H16O2/c1-2-3-6-7-4-5-8(9(6)11)10(7)12/h2,6-12H,1,3-5H2/t6?,7-,8+,9?,10+/m0/s1. The smallest absolute Gasteiger partial charge is 0.0627 e. The lowest BCUT2D eigenvalue weighted by atomic mass is 9.84. The maximum atomic E-state index is 9.77. The maximum absolute atomic E-state index is 9.77. The van der Waals surface area contributed by atoms with E-state index in [-0.39, 0.29) is 24.0 Å². The van der Waals surface area contributed by atoms with Gasteiger partial charge in [-0.3, -0.25) is 0 Å². The summed E-state index contributed by atoms with van der Waals surface area (Å²) < 4.78 is 0. The number of hydrogen-bond acceptors (Lipinski definition) is 2. The van der Waals surface area contributed by atoms with Gasteiger partial charge in [-0.15, -0.1) is 6.58 Å². The molecule has 0 aromatic carbocycles. The Kier molecular flexibility index (Phi) is 1.97. The fourth-order valence-electron chi connectivity index (χ4n) is 2.96. The van der Waals surface area contributed by atoms with E-state index in [1.165, 1.54) is 0 Å². The average Bonchev–Trinajstić information content (AvgIpc) is 2.50. The largest absolute Gasteiger partial charge is 0.392 e. The molecule has 0 aliphatic heterocycles. The van der Waals surface area contributed by atoms with E-state index in [1.807, 2.05) is 6.08 Å². The molecule has 2 unspecified atom stereocenters. The second-order valence-corrected chi connectivity index (χ2v) is 4.07. The summed E-state index contributed by atoms with van der Waals surface area (Å²) in [6, 6.07) is 0. The molecule has 2 rings (SSSR count). The van der Waals surface area contributed by atoms with Gasteiger partial charge in [0.1, 0.15) is 0 Å². The van der Waals surface area contributed by atoms with E-state index in [4.69, 9.17) is 0 Å². The molecule has 0 saturated heterocycles. The predicted molar refractivity (Wildman–Crippen MR) is 46.5 cm³/mol. The van der Waals surface area contributed by atoms with Gasteiger partial charge in [0.25, 0.3) is 0 Å². The van der Waals surface area contributed by atoms with E-state index in [2.05, 4.69) is 6.58 Å². The number of rotatable bonds is 2. The minimum Gasteiger partial charge on any atom is -0.392 e. The van der Waals surface area contributed by atoms with Crippen molar-refractivity contribution in [3.8, 4) is 0 Å². The number of aliphatic hydroxyl groups excluding tert-OH is 2. The van der Waals surface area contributed by atoms with Gasteiger partial charge in [0.05, 0.1) is 12.2 Å². The van der Waals surface area contributed by atoms with Crippen LogP contribution in [0.2, 0.25) is 0 Å². The average molecular weight is 168 g/mol. The fourth-order valence-corrected chi connectivity index (χ4v) is 2.96. The second-order valence-electron chi connectivity index (χ2n) is 4.07. The molecule has 0 aromatic rings. The van der Waals surface area contributed by atoms with E-state index in [0.717, 1.165) is 19.3 Å². The topological polar surface area (TPSA) is 40.5 Å². The Labute approximate surface area is 72.9 Å². The number of aliphatic hydroxyl groups is 2. The summed E-state index contributed by atoms with van der Waals surface area (Å²) in [7, 11) is 0. The molecule has 0 radical (unpaired) electrons. The highest BCUT2D eigenvalue weighted by Gasteiger charge is 2.52. The third kappa shape index (κ3) is 0.947. The monoisotopic (exact) mass is 168 g/mol. The zero-order valence-corrected chi connectivity index (χ0v) is 7.19. The SMILES string of the molecule is C=CCC1C(O)[C@H]2CC[C@@H]1[C@H]2O. The Morgan fingerprint density at radius 1 is 1.17 bits per heavy atom. The van der Waals surface area contributed by atoms with Crippen molar-refractivity contribution >= 4 is 0 Å². The van der Waals surface area contributed by atoms with Crippen molar-refractivity contribution in [3.63, 3.8) is 0 Å². The quantitative estimate of drug-likeness (QED) is 0.602. The molecule has 2 nitrogen and oxygen atoms in total. The maximum Gasteiger partial charge on any atom is 0.0627 e. The molecule has 2 aliphatic rings. The number of fused-ring (bicyclic) bond motifs is 2. The molecule has 5 atom stereocenters. The Morgan fingerprint density at radius 2 is 1.83 bits per heavy atom. The molecular weight excluding hydrogens is 152 g/mol. The van der Waals surface area contributed by atoms with Crippen LogP contribution in [0.15, 0.2) is 12.7 Å². The van der Waals surface area contributed by atoms with Gasteiger partial charge in [-0.05, 0) is 31.1 Å². The second kappa shape index (κ2) is 2.86. The molecule has 0 amide bonds. The molecule has 2 aliphatic carbocycles. The van der Waals surface area contributed by atoms with Crippen molar-refractivity contribution in [2.24, 2.45) is 17.8 Å². The van der Waals surface area contributed by atoms with Crippen molar-refractivity contribution in [1.29, 1.82) is 0 Å². The van der Waals surface area contributed by atoms with E-state index in [9.17, 15) is 10.2 Å². The summed E-state index contributed by atoms with van der Waals surface area (Å²) in [6.45, 7) is 3.67. The van der Waals surface area contributed by atoms with Crippen LogP contribution < -0.4 is 0 Å². The Morgan fingerprint density at radius 3 is 2.33 bits per heavy atom. The molecule has 0 aromatic heterocycles. The summed E-state index contributed by atoms with van der Waals surface area (Å²) in [5.74, 6) is 0.763. The molecule has 2 fully saturated rings. The van der Waals surface area contributed by atoms with Gasteiger partial charge in [-0.1, -0.05) is 6.08 Å². The van der Waals surface area contributed by atoms with Crippen LogP contribution in [0.25, 0.3) is 0 Å². The van der Waals surface area contributed by atoms with Crippen molar-refractivity contribution in [2.45, 2.75) is 31.5 Å². The van der Waals surface area contributed by atoms with E-state index in [0.29, 0.717) is 5.92 Å². The first-order valence-electron chi connectivity index (χ1n) is 4.72. The number of allylic oxidation sites excluding steroid dienone is 1. The Balaban J connectivity index is 2.12. The van der Waals surface area contributed by atoms with Crippen LogP contribution in [0.5, 0.6) is 0 Å². The number of hydrogen-bond donors (Lipinski definition) is 2. The van der Waals surface area contributed by atoms with Crippen LogP contribution in [0, 0.1) is 17.8 Å². The summed E-state index contributed by atoms with van der Waals surface area (Å²) in [4.78, 5) is 0. The van der Waals surface area contributed by atoms with Gasteiger partial charge in [0, 0.05) is 5.92 Å². The Hall–Kier alpha value is -0.340. The normalized spacial score (nSPS) is 51.3. The predicted octanol–water partition coefficient (Wildman–Crippen LogP) is 0.940. The highest BCUT2D eigenvalue weighted by Crippen LogP contribution is 2.49. The van der Waals surface area contributed by atoms with E-state index >= 15 is 0 Å². The summed E-state index contributed by atoms with van der Waals surface area (Å²) in [5, 5.41) is 19.5. The zero-order chi connectivity index (χ0) is 8.72. The van der Waals surface area contributed by atoms with Gasteiger partial charge >= 0.3 is 0 Å². The first-order valence-corrected chi connectivity index (χ1v) is 4.72. The highest BCUT2D eigenvalue weighted by molar-refractivity contribution is 5.04. The van der Waals surface area contributed by atoms with Crippen LogP contribution in [0.1, 0.15) is 19.3 Å². The first kappa shape index (κ1) is 8.27. The first-order chi connectivity index (χ1) is 5.75. The van der Waals surface area contributed by atoms with Crippen molar-refractivity contribution in [3.05, 3.63) is 12.7 Å². The van der Waals surface area contributed by atoms with Crippen LogP contribution in [-0.2, 0) is 0 Å². The Bertz CT molecular complexity index is 190. The third-order valence-electron chi connectivity index (χ3n) is 3.58. The van der Waals surface area contributed by atoms with Crippen LogP contribution in [-0.4, -0.2) is 22.4 Å². The molecule has 0 spiro atoms. The highest BCUT2D eigenvalue weighted by atomic mass is 16.3. The molecule has 2 N–H and O–H groups in total. The van der Waals surface area contributed by atoms with Crippen molar-refractivity contribution in [1.82, 2.24) is 0 Å². The molecule has 2 bridgehead atoms. The van der Waals surface area contributed by atoms with Crippen LogP contribution >= 0.6 is 0 Å². The lowest BCUT2D eigenvalue weighted by molar-refractivity contribution is 0.0514. The van der Waals surface area contributed by atoms with Crippen LogP contribution in [0.3, 0.4) is 0 Å². The van der Waals surface area contributed by atoms with Crippen molar-refractivity contribution in [2.75, 3.05) is 0 Å². The summed E-state index contributed by atoms with van der Waals surface area (Å²) in [5.41, 5.74) is 0. The molecule has 2 saturated carbocycles. The van der Waals surface area contributed by atoms with Gasteiger partial charge in [0.15, 0.2) is 0 Å². The molecular formula is C10H16O2. The van der Waals surface area contributed by atoms with E-state index in [1.54, 1.807) is 0 Å². The molecule has 0 heterocycles. The summed E-state index contributed by atoms with van der Waals surface area (Å²) >= 11 is 0. The van der Waals surface area contributed by atoms with Crippen LogP contribution in [0.4, 0.5) is 0 Å². The van der Waals surface area contributed by atoms with Crippen molar-refractivity contribution < 1.29 is 10.2 Å². The van der Waals surface area contributed by atoms with Gasteiger partial charge < -0.3 is 10.2 Å². The lowest BCUT2D eigenvalue weighted by Gasteiger charge is -2.25. The van der Waals surface area contributed by atoms with Gasteiger partial charge in [-0.2, -0.15) is 0 Å². The minimum atomic E-state index is -0.281. The fraction of sp³-hybridized carbons (Fsp3) is 0.800. The third-order valence-corrected chi connectivity index (χ3v) is 3.58.